The topological polar surface area (TPSA) is 137 Å². The van der Waals surface area contributed by atoms with Crippen molar-refractivity contribution < 1.29 is 28.8 Å². The summed E-state index contributed by atoms with van der Waals surface area (Å²) in [4.78, 5) is 46.3. The van der Waals surface area contributed by atoms with Crippen molar-refractivity contribution in [3.63, 3.8) is 0 Å². The number of hydrogen-bond donors (Lipinski definition) is 2. The van der Waals surface area contributed by atoms with Gasteiger partial charge < -0.3 is 20.1 Å². The van der Waals surface area contributed by atoms with Crippen molar-refractivity contribution in [1.29, 1.82) is 0 Å². The highest BCUT2D eigenvalue weighted by molar-refractivity contribution is 5.89. The number of carbonyl (C=O) groups excluding carboxylic acids is 3. The van der Waals surface area contributed by atoms with Gasteiger partial charge in [0.2, 0.25) is 5.91 Å². The molecule has 154 valence electrons. The van der Waals surface area contributed by atoms with Crippen molar-refractivity contribution in [1.82, 2.24) is 10.6 Å². The average Bonchev–Trinajstić information content (AvgIpc) is 2.58. The second kappa shape index (κ2) is 9.67. The summed E-state index contributed by atoms with van der Waals surface area (Å²) in [6.45, 7) is 6.51. The van der Waals surface area contributed by atoms with Gasteiger partial charge in [-0.05, 0) is 33.3 Å². The highest BCUT2D eigenvalue weighted by atomic mass is 16.6. The molecule has 1 rings (SSSR count). The number of nitro benzene ring substituents is 1. The molecular formula is C18H25N3O7. The van der Waals surface area contributed by atoms with Crippen LogP contribution in [-0.2, 0) is 25.5 Å². The number of carbonyl (C=O) groups is 3. The molecule has 0 aliphatic heterocycles. The number of alkyl carbamates (subject to hydrolysis) is 1. The third-order valence-corrected chi connectivity index (χ3v) is 3.52. The van der Waals surface area contributed by atoms with Gasteiger partial charge in [-0.25, -0.2) is 9.59 Å². The van der Waals surface area contributed by atoms with Gasteiger partial charge >= 0.3 is 12.1 Å². The molecule has 0 saturated carbocycles. The summed E-state index contributed by atoms with van der Waals surface area (Å²) in [5.41, 5.74) is -0.211. The van der Waals surface area contributed by atoms with Crippen molar-refractivity contribution in [3.05, 3.63) is 39.9 Å². The molecule has 10 nitrogen and oxygen atoms in total. The molecule has 10 heteroatoms. The van der Waals surface area contributed by atoms with Crippen LogP contribution in [0.2, 0.25) is 0 Å². The molecular weight excluding hydrogens is 370 g/mol. The maximum atomic E-state index is 12.3. The fourth-order valence-corrected chi connectivity index (χ4v) is 2.17. The number of nitrogens with zero attached hydrogens (tertiary/aromatic N) is 1. The zero-order valence-corrected chi connectivity index (χ0v) is 16.5. The number of nitro groups is 1. The first-order valence-corrected chi connectivity index (χ1v) is 8.54. The Hall–Kier alpha value is -3.17. The lowest BCUT2D eigenvalue weighted by molar-refractivity contribution is -0.384. The largest absolute Gasteiger partial charge is 0.467 e. The van der Waals surface area contributed by atoms with Gasteiger partial charge in [0.05, 0.1) is 12.0 Å². The smallest absolute Gasteiger partial charge is 0.408 e. The van der Waals surface area contributed by atoms with Crippen LogP contribution in [-0.4, -0.2) is 47.7 Å². The lowest BCUT2D eigenvalue weighted by Crippen LogP contribution is -2.51. The van der Waals surface area contributed by atoms with Gasteiger partial charge in [0.25, 0.3) is 5.69 Å². The number of rotatable bonds is 7. The average molecular weight is 395 g/mol. The summed E-state index contributed by atoms with van der Waals surface area (Å²) in [7, 11) is 1.18. The summed E-state index contributed by atoms with van der Waals surface area (Å²) < 4.78 is 9.78. The molecule has 28 heavy (non-hydrogen) atoms. The summed E-state index contributed by atoms with van der Waals surface area (Å²) >= 11 is 0. The molecule has 0 fully saturated rings. The molecule has 0 spiro atoms. The van der Waals surface area contributed by atoms with Crippen LogP contribution < -0.4 is 10.6 Å². The molecule has 2 atom stereocenters. The SMILES string of the molecule is COC(=O)[C@H](Cc1ccc([N+](=O)[O-])cc1)NC(=O)[C@H](C)NC(=O)OC(C)(C)C. The van der Waals surface area contributed by atoms with Crippen LogP contribution in [0.3, 0.4) is 0 Å². The van der Waals surface area contributed by atoms with E-state index in [2.05, 4.69) is 10.6 Å². The van der Waals surface area contributed by atoms with E-state index in [0.717, 1.165) is 0 Å². The molecule has 0 saturated heterocycles. The van der Waals surface area contributed by atoms with E-state index < -0.39 is 40.6 Å². The van der Waals surface area contributed by atoms with Crippen LogP contribution in [0.15, 0.2) is 24.3 Å². The van der Waals surface area contributed by atoms with E-state index in [1.165, 1.54) is 38.3 Å². The van der Waals surface area contributed by atoms with Gasteiger partial charge in [0.15, 0.2) is 0 Å². The zero-order chi connectivity index (χ0) is 21.5. The predicted molar refractivity (Wildman–Crippen MR) is 99.6 cm³/mol. The first-order chi connectivity index (χ1) is 12.9. The number of hydrogen-bond acceptors (Lipinski definition) is 7. The molecule has 0 unspecified atom stereocenters. The number of methoxy groups -OCH3 is 1. The molecule has 0 radical (unpaired) electrons. The van der Waals surface area contributed by atoms with Gasteiger partial charge in [0, 0.05) is 18.6 Å². The number of amides is 2. The van der Waals surface area contributed by atoms with Crippen LogP contribution in [0.1, 0.15) is 33.3 Å². The number of nitrogens with one attached hydrogen (secondary N) is 2. The zero-order valence-electron chi connectivity index (χ0n) is 16.5. The lowest BCUT2D eigenvalue weighted by Gasteiger charge is -2.23. The Labute approximate surface area is 162 Å². The molecule has 0 aliphatic carbocycles. The molecule has 0 heterocycles. The second-order valence-corrected chi connectivity index (χ2v) is 7.08. The van der Waals surface area contributed by atoms with Crippen LogP contribution in [0.5, 0.6) is 0 Å². The van der Waals surface area contributed by atoms with Gasteiger partial charge in [-0.2, -0.15) is 0 Å². The number of esters is 1. The first kappa shape index (κ1) is 22.9. The number of non-ortho nitro benzene ring substituents is 1. The minimum absolute atomic E-state index is 0.0650. The van der Waals surface area contributed by atoms with E-state index in [-0.39, 0.29) is 12.1 Å². The monoisotopic (exact) mass is 395 g/mol. The number of benzene rings is 1. The van der Waals surface area contributed by atoms with E-state index in [0.29, 0.717) is 5.56 Å². The normalized spacial score (nSPS) is 13.0. The summed E-state index contributed by atoms with van der Waals surface area (Å²) in [6.07, 6.45) is -0.699. The van der Waals surface area contributed by atoms with E-state index in [4.69, 9.17) is 9.47 Å². The summed E-state index contributed by atoms with van der Waals surface area (Å²) in [5.74, 6) is -1.29. The molecule has 1 aromatic rings. The van der Waals surface area contributed by atoms with E-state index in [9.17, 15) is 24.5 Å². The van der Waals surface area contributed by atoms with Crippen LogP contribution in [0.4, 0.5) is 10.5 Å². The molecule has 0 aromatic heterocycles. The predicted octanol–water partition coefficient (Wildman–Crippen LogP) is 1.71. The Morgan fingerprint density at radius 1 is 1.14 bits per heavy atom. The minimum atomic E-state index is -1.03. The molecule has 2 amide bonds. The van der Waals surface area contributed by atoms with E-state index in [1.54, 1.807) is 20.8 Å². The fraction of sp³-hybridized carbons (Fsp3) is 0.500. The van der Waals surface area contributed by atoms with Crippen molar-refractivity contribution in [2.75, 3.05) is 7.11 Å². The van der Waals surface area contributed by atoms with Crippen LogP contribution in [0.25, 0.3) is 0 Å². The van der Waals surface area contributed by atoms with E-state index in [1.807, 2.05) is 0 Å². The molecule has 0 bridgehead atoms. The van der Waals surface area contributed by atoms with Crippen molar-refractivity contribution in [2.24, 2.45) is 0 Å². The summed E-state index contributed by atoms with van der Waals surface area (Å²) in [6, 6.07) is 3.60. The Kier molecular flexibility index (Phi) is 7.90. The first-order valence-electron chi connectivity index (χ1n) is 8.54. The molecule has 0 aliphatic rings. The lowest BCUT2D eigenvalue weighted by atomic mass is 10.1. The Balaban J connectivity index is 2.77. The van der Waals surface area contributed by atoms with Crippen LogP contribution >= 0.6 is 0 Å². The molecule has 2 N–H and O–H groups in total. The fourth-order valence-electron chi connectivity index (χ4n) is 2.17. The highest BCUT2D eigenvalue weighted by Crippen LogP contribution is 2.14. The maximum absolute atomic E-state index is 12.3. The standard InChI is InChI=1S/C18H25N3O7/c1-11(19-17(24)28-18(2,3)4)15(22)20-14(16(23)27-5)10-12-6-8-13(9-7-12)21(25)26/h6-9,11,14H,10H2,1-5H3,(H,19,24)(H,20,22)/t11-,14-/m0/s1. The highest BCUT2D eigenvalue weighted by Gasteiger charge is 2.26. The van der Waals surface area contributed by atoms with E-state index >= 15 is 0 Å². The second-order valence-electron chi connectivity index (χ2n) is 7.08. The van der Waals surface area contributed by atoms with Crippen molar-refractivity contribution in [3.8, 4) is 0 Å². The Morgan fingerprint density at radius 2 is 1.71 bits per heavy atom. The summed E-state index contributed by atoms with van der Waals surface area (Å²) in [5, 5.41) is 15.6. The Bertz CT molecular complexity index is 726. The van der Waals surface area contributed by atoms with Gasteiger partial charge in [-0.15, -0.1) is 0 Å². The quantitative estimate of drug-likeness (QED) is 0.407. The van der Waals surface area contributed by atoms with Crippen molar-refractivity contribution in [2.45, 2.75) is 51.8 Å². The van der Waals surface area contributed by atoms with Crippen LogP contribution in [0, 0.1) is 10.1 Å². The van der Waals surface area contributed by atoms with Crippen molar-refractivity contribution >= 4 is 23.7 Å². The molecule has 1 aromatic carbocycles. The third kappa shape index (κ3) is 7.60. The third-order valence-electron chi connectivity index (χ3n) is 3.52. The van der Waals surface area contributed by atoms with Gasteiger partial charge in [0.1, 0.15) is 17.7 Å². The minimum Gasteiger partial charge on any atom is -0.467 e. The Morgan fingerprint density at radius 3 is 2.18 bits per heavy atom. The maximum Gasteiger partial charge on any atom is 0.408 e. The van der Waals surface area contributed by atoms with Gasteiger partial charge in [-0.3, -0.25) is 14.9 Å². The number of ether oxygens (including phenoxy) is 2. The van der Waals surface area contributed by atoms with Gasteiger partial charge in [-0.1, -0.05) is 12.1 Å².